The molecule has 2 aliphatic rings. The van der Waals surface area contributed by atoms with Gasteiger partial charge in [-0.1, -0.05) is 6.92 Å². The third kappa shape index (κ3) is 3.60. The Morgan fingerprint density at radius 3 is 2.89 bits per heavy atom. The van der Waals surface area contributed by atoms with Crippen LogP contribution in [-0.2, 0) is 22.4 Å². The van der Waals surface area contributed by atoms with Crippen molar-refractivity contribution in [1.82, 2.24) is 9.88 Å². The number of benzene rings is 1. The lowest BCUT2D eigenvalue weighted by Gasteiger charge is -2.33. The molecular formula is C22H28N2O3. The summed E-state index contributed by atoms with van der Waals surface area (Å²) in [4.78, 5) is 30.2. The fourth-order valence-corrected chi connectivity index (χ4v) is 4.48. The Hall–Kier alpha value is -2.30. The van der Waals surface area contributed by atoms with Crippen LogP contribution in [0.25, 0.3) is 10.9 Å². The van der Waals surface area contributed by atoms with Crippen LogP contribution in [0.15, 0.2) is 18.2 Å². The minimum Gasteiger partial charge on any atom is -0.452 e. The highest BCUT2D eigenvalue weighted by atomic mass is 16.5. The molecule has 1 N–H and O–H groups in total. The lowest BCUT2D eigenvalue weighted by atomic mass is 9.87. The van der Waals surface area contributed by atoms with Crippen molar-refractivity contribution in [2.45, 2.75) is 58.4 Å². The number of H-pyrrole nitrogens is 1. The average molecular weight is 368 g/mol. The summed E-state index contributed by atoms with van der Waals surface area (Å²) in [6.07, 6.45) is 6.51. The second-order valence-corrected chi connectivity index (χ2v) is 8.20. The molecule has 2 atom stereocenters. The number of amides is 1. The Balaban J connectivity index is 1.46. The molecule has 4 rings (SSSR count). The minimum atomic E-state index is -0.422. The molecule has 2 heterocycles. The second-order valence-electron chi connectivity index (χ2n) is 8.20. The van der Waals surface area contributed by atoms with Crippen molar-refractivity contribution >= 4 is 22.8 Å². The summed E-state index contributed by atoms with van der Waals surface area (Å²) in [5.41, 5.74) is 4.21. The van der Waals surface area contributed by atoms with Crippen LogP contribution in [0.1, 0.15) is 61.1 Å². The Morgan fingerprint density at radius 2 is 2.07 bits per heavy atom. The number of carbonyl (C=O) groups excluding carboxylic acids is 2. The van der Waals surface area contributed by atoms with Crippen LogP contribution in [0.2, 0.25) is 0 Å². The van der Waals surface area contributed by atoms with Crippen LogP contribution in [0, 0.1) is 5.92 Å². The third-order valence-corrected chi connectivity index (χ3v) is 6.12. The molecule has 144 valence electrons. The first-order valence-electron chi connectivity index (χ1n) is 10.1. The Labute approximate surface area is 160 Å². The summed E-state index contributed by atoms with van der Waals surface area (Å²) in [5, 5.41) is 1.11. The van der Waals surface area contributed by atoms with Crippen molar-refractivity contribution in [2.24, 2.45) is 5.92 Å². The van der Waals surface area contributed by atoms with Gasteiger partial charge >= 0.3 is 5.97 Å². The summed E-state index contributed by atoms with van der Waals surface area (Å²) in [6.45, 7) is 4.91. The van der Waals surface area contributed by atoms with Gasteiger partial charge < -0.3 is 14.6 Å². The van der Waals surface area contributed by atoms with Crippen LogP contribution < -0.4 is 0 Å². The van der Waals surface area contributed by atoms with Crippen molar-refractivity contribution in [2.75, 3.05) is 13.2 Å². The summed E-state index contributed by atoms with van der Waals surface area (Å²) in [7, 11) is 0. The molecule has 1 saturated heterocycles. The molecule has 1 aromatic heterocycles. The normalized spacial score (nSPS) is 22.5. The lowest BCUT2D eigenvalue weighted by Crippen LogP contribution is -2.44. The molecule has 0 radical (unpaired) electrons. The van der Waals surface area contributed by atoms with Gasteiger partial charge in [-0.25, -0.2) is 4.79 Å². The van der Waals surface area contributed by atoms with E-state index in [9.17, 15) is 9.59 Å². The zero-order valence-corrected chi connectivity index (χ0v) is 16.2. The number of ether oxygens (including phenoxy) is 1. The number of piperidine rings is 1. The van der Waals surface area contributed by atoms with Gasteiger partial charge in [-0.3, -0.25) is 4.79 Å². The first-order valence-corrected chi connectivity index (χ1v) is 10.1. The van der Waals surface area contributed by atoms with Crippen molar-refractivity contribution < 1.29 is 14.3 Å². The zero-order chi connectivity index (χ0) is 19.0. The second kappa shape index (κ2) is 7.37. The van der Waals surface area contributed by atoms with E-state index in [0.717, 1.165) is 49.6 Å². The number of aromatic nitrogens is 1. The largest absolute Gasteiger partial charge is 0.452 e. The zero-order valence-electron chi connectivity index (χ0n) is 16.2. The quantitative estimate of drug-likeness (QED) is 0.837. The van der Waals surface area contributed by atoms with Crippen molar-refractivity contribution in [3.05, 3.63) is 35.0 Å². The van der Waals surface area contributed by atoms with E-state index < -0.39 is 5.97 Å². The molecule has 5 nitrogen and oxygen atoms in total. The van der Waals surface area contributed by atoms with Crippen LogP contribution in [-0.4, -0.2) is 41.0 Å². The Bertz CT molecular complexity index is 870. The van der Waals surface area contributed by atoms with Gasteiger partial charge in [-0.05, 0) is 75.1 Å². The molecule has 1 aliphatic heterocycles. The fourth-order valence-electron chi connectivity index (χ4n) is 4.48. The monoisotopic (exact) mass is 368 g/mol. The highest BCUT2D eigenvalue weighted by molar-refractivity contribution is 5.97. The average Bonchev–Trinajstić information content (AvgIpc) is 3.03. The van der Waals surface area contributed by atoms with Gasteiger partial charge in [0.1, 0.15) is 0 Å². The molecule has 1 aliphatic carbocycles. The molecule has 1 fully saturated rings. The van der Waals surface area contributed by atoms with Gasteiger partial charge in [0.15, 0.2) is 6.61 Å². The predicted octanol–water partition coefficient (Wildman–Crippen LogP) is 3.85. The van der Waals surface area contributed by atoms with E-state index >= 15 is 0 Å². The number of aryl methyl sites for hydroxylation is 1. The number of esters is 1. The molecule has 5 heteroatoms. The number of likely N-dealkylation sites (tertiary alicyclic amines) is 1. The SMILES string of the molecule is C[C@@H]1CCc2[nH]c3ccc(C(=O)OCC(=O)N4CCCC[C@@H]4C)cc3c2C1. The molecule has 0 bridgehead atoms. The number of nitrogens with one attached hydrogen (secondary N) is 1. The van der Waals surface area contributed by atoms with Crippen LogP contribution in [0.3, 0.4) is 0 Å². The van der Waals surface area contributed by atoms with Crippen molar-refractivity contribution in [3.63, 3.8) is 0 Å². The van der Waals surface area contributed by atoms with Gasteiger partial charge in [-0.2, -0.15) is 0 Å². The molecule has 2 aromatic rings. The summed E-state index contributed by atoms with van der Waals surface area (Å²) in [6, 6.07) is 5.88. The van der Waals surface area contributed by atoms with E-state index in [4.69, 9.17) is 4.74 Å². The highest BCUT2D eigenvalue weighted by Crippen LogP contribution is 2.32. The van der Waals surface area contributed by atoms with E-state index in [-0.39, 0.29) is 18.6 Å². The summed E-state index contributed by atoms with van der Waals surface area (Å²) >= 11 is 0. The van der Waals surface area contributed by atoms with E-state index in [0.29, 0.717) is 11.5 Å². The van der Waals surface area contributed by atoms with Crippen LogP contribution in [0.4, 0.5) is 0 Å². The maximum atomic E-state index is 12.5. The van der Waals surface area contributed by atoms with E-state index in [1.165, 1.54) is 17.7 Å². The first-order chi connectivity index (χ1) is 13.0. The minimum absolute atomic E-state index is 0.0931. The standard InChI is InChI=1S/C22H28N2O3/c1-14-6-8-19-17(11-14)18-12-16(7-9-20(18)23-19)22(26)27-13-21(25)24-10-4-3-5-15(24)2/h7,9,12,14-15,23H,3-6,8,10-11,13H2,1-2H3/t14-,15+/m1/s1. The number of carbonyl (C=O) groups is 2. The summed E-state index contributed by atoms with van der Waals surface area (Å²) < 4.78 is 5.34. The van der Waals surface area contributed by atoms with Gasteiger partial charge in [0, 0.05) is 29.2 Å². The van der Waals surface area contributed by atoms with E-state index in [1.807, 2.05) is 17.0 Å². The number of nitrogens with zero attached hydrogens (tertiary/aromatic N) is 1. The molecule has 1 amide bonds. The molecule has 0 spiro atoms. The van der Waals surface area contributed by atoms with Gasteiger partial charge in [0.05, 0.1) is 5.56 Å². The van der Waals surface area contributed by atoms with Gasteiger partial charge in [0.25, 0.3) is 5.91 Å². The Kier molecular flexibility index (Phi) is 4.94. The predicted molar refractivity (Wildman–Crippen MR) is 105 cm³/mol. The van der Waals surface area contributed by atoms with Gasteiger partial charge in [-0.15, -0.1) is 0 Å². The number of hydrogen-bond donors (Lipinski definition) is 1. The van der Waals surface area contributed by atoms with Crippen LogP contribution in [0.5, 0.6) is 0 Å². The highest BCUT2D eigenvalue weighted by Gasteiger charge is 2.25. The number of fused-ring (bicyclic) bond motifs is 3. The van der Waals surface area contributed by atoms with E-state index in [2.05, 4.69) is 18.8 Å². The summed E-state index contributed by atoms with van der Waals surface area (Å²) in [5.74, 6) is 0.148. The first kappa shape index (κ1) is 18.1. The maximum Gasteiger partial charge on any atom is 0.338 e. The van der Waals surface area contributed by atoms with Gasteiger partial charge in [0.2, 0.25) is 0 Å². The third-order valence-electron chi connectivity index (χ3n) is 6.12. The molecular weight excluding hydrogens is 340 g/mol. The van der Waals surface area contributed by atoms with Crippen LogP contribution >= 0.6 is 0 Å². The Morgan fingerprint density at radius 1 is 1.22 bits per heavy atom. The van der Waals surface area contributed by atoms with Crippen molar-refractivity contribution in [1.29, 1.82) is 0 Å². The lowest BCUT2D eigenvalue weighted by molar-refractivity contribution is -0.137. The van der Waals surface area contributed by atoms with Crippen molar-refractivity contribution in [3.8, 4) is 0 Å². The number of rotatable bonds is 3. The molecule has 1 aromatic carbocycles. The fraction of sp³-hybridized carbons (Fsp3) is 0.545. The maximum absolute atomic E-state index is 12.5. The molecule has 0 unspecified atom stereocenters. The molecule has 0 saturated carbocycles. The smallest absolute Gasteiger partial charge is 0.338 e. The number of aromatic amines is 1. The topological polar surface area (TPSA) is 62.4 Å². The number of hydrogen-bond acceptors (Lipinski definition) is 3. The molecule has 27 heavy (non-hydrogen) atoms. The van der Waals surface area contributed by atoms with E-state index in [1.54, 1.807) is 6.07 Å².